The van der Waals surface area contributed by atoms with E-state index >= 15 is 0 Å². The highest BCUT2D eigenvalue weighted by Crippen LogP contribution is 2.28. The van der Waals surface area contributed by atoms with Crippen molar-refractivity contribution in [3.05, 3.63) is 0 Å². The maximum Gasteiger partial charge on any atom is 0.0350 e. The molecule has 0 radical (unpaired) electrons. The molecule has 0 aromatic rings. The molecule has 0 aliphatic carbocycles. The minimum atomic E-state index is 0.741. The second-order valence-corrected chi connectivity index (χ2v) is 6.48. The highest BCUT2D eigenvalue weighted by Gasteiger charge is 2.36. The molecule has 0 spiro atoms. The second kappa shape index (κ2) is 5.05. The van der Waals surface area contributed by atoms with Crippen LogP contribution in [-0.2, 0) is 0 Å². The van der Waals surface area contributed by atoms with E-state index in [0.29, 0.717) is 0 Å². The van der Waals surface area contributed by atoms with E-state index in [1.165, 1.54) is 39.0 Å². The van der Waals surface area contributed by atoms with E-state index in [9.17, 15) is 0 Å². The third-order valence-corrected chi connectivity index (χ3v) is 4.26. The van der Waals surface area contributed by atoms with Crippen molar-refractivity contribution >= 4 is 0 Å². The van der Waals surface area contributed by atoms with Gasteiger partial charge in [-0.3, -0.25) is 9.80 Å². The molecule has 2 fully saturated rings. The number of nitrogens with zero attached hydrogens (tertiary/aromatic N) is 2. The van der Waals surface area contributed by atoms with E-state index in [1.807, 2.05) is 0 Å². The van der Waals surface area contributed by atoms with Crippen LogP contribution in [0.5, 0.6) is 0 Å². The molecule has 0 N–H and O–H groups in total. The summed E-state index contributed by atoms with van der Waals surface area (Å²) in [5.74, 6) is 1.85. The van der Waals surface area contributed by atoms with E-state index in [0.717, 1.165) is 23.9 Å². The Balaban J connectivity index is 1.70. The normalized spacial score (nSPS) is 29.2. The second-order valence-electron chi connectivity index (χ2n) is 6.48. The monoisotopic (exact) mass is 224 g/mol. The van der Waals surface area contributed by atoms with Gasteiger partial charge in [0.05, 0.1) is 0 Å². The molecule has 1 atom stereocenters. The summed E-state index contributed by atoms with van der Waals surface area (Å²) in [6.07, 6.45) is 2.87. The lowest BCUT2D eigenvalue weighted by molar-refractivity contribution is 0.0237. The molecule has 16 heavy (non-hydrogen) atoms. The van der Waals surface area contributed by atoms with Crippen LogP contribution in [0.3, 0.4) is 0 Å². The third kappa shape index (κ3) is 2.78. The van der Waals surface area contributed by atoms with Crippen LogP contribution < -0.4 is 0 Å². The Morgan fingerprint density at radius 1 is 1.06 bits per heavy atom. The fraction of sp³-hybridized carbons (Fsp3) is 1.00. The van der Waals surface area contributed by atoms with Gasteiger partial charge in [-0.2, -0.15) is 0 Å². The van der Waals surface area contributed by atoms with E-state index in [2.05, 4.69) is 37.5 Å². The van der Waals surface area contributed by atoms with Gasteiger partial charge in [0.15, 0.2) is 0 Å². The van der Waals surface area contributed by atoms with Crippen molar-refractivity contribution in [2.45, 2.75) is 52.6 Å². The molecule has 2 aliphatic rings. The van der Waals surface area contributed by atoms with E-state index in [-0.39, 0.29) is 0 Å². The molecule has 0 bridgehead atoms. The Kier molecular flexibility index (Phi) is 3.91. The largest absolute Gasteiger partial charge is 0.298 e. The van der Waals surface area contributed by atoms with Crippen LogP contribution in [0.2, 0.25) is 0 Å². The Morgan fingerprint density at radius 3 is 2.31 bits per heavy atom. The third-order valence-electron chi connectivity index (χ3n) is 4.26. The molecule has 2 heterocycles. The van der Waals surface area contributed by atoms with Crippen molar-refractivity contribution in [2.75, 3.05) is 26.2 Å². The predicted octanol–water partition coefficient (Wildman–Crippen LogP) is 2.45. The van der Waals surface area contributed by atoms with Gasteiger partial charge in [-0.15, -0.1) is 0 Å². The van der Waals surface area contributed by atoms with Gasteiger partial charge in [-0.05, 0) is 45.1 Å². The molecular formula is C14H28N2. The van der Waals surface area contributed by atoms with Crippen molar-refractivity contribution < 1.29 is 0 Å². The number of hydrogen-bond acceptors (Lipinski definition) is 2. The smallest absolute Gasteiger partial charge is 0.0350 e. The van der Waals surface area contributed by atoms with Crippen LogP contribution in [0.15, 0.2) is 0 Å². The molecule has 2 heteroatoms. The molecule has 0 saturated carbocycles. The lowest BCUT2D eigenvalue weighted by atomic mass is 9.96. The molecule has 2 aliphatic heterocycles. The number of hydrogen-bond donors (Lipinski definition) is 0. The SMILES string of the molecule is CC(C)CC1CCN(C2CN(C(C)C)C2)C1. The maximum atomic E-state index is 2.74. The molecular weight excluding hydrogens is 196 g/mol. The van der Waals surface area contributed by atoms with Crippen molar-refractivity contribution in [2.24, 2.45) is 11.8 Å². The van der Waals surface area contributed by atoms with Gasteiger partial charge in [0.2, 0.25) is 0 Å². The predicted molar refractivity (Wildman–Crippen MR) is 69.6 cm³/mol. The minimum absolute atomic E-state index is 0.741. The average Bonchev–Trinajstić information content (AvgIpc) is 2.48. The summed E-state index contributed by atoms with van der Waals surface area (Å²) in [7, 11) is 0. The first-order chi connectivity index (χ1) is 7.56. The summed E-state index contributed by atoms with van der Waals surface area (Å²) in [5.41, 5.74) is 0. The zero-order chi connectivity index (χ0) is 11.7. The van der Waals surface area contributed by atoms with Crippen LogP contribution >= 0.6 is 0 Å². The zero-order valence-electron chi connectivity index (χ0n) is 11.4. The number of likely N-dealkylation sites (tertiary alicyclic amines) is 2. The minimum Gasteiger partial charge on any atom is -0.298 e. The van der Waals surface area contributed by atoms with E-state index in [1.54, 1.807) is 0 Å². The highest BCUT2D eigenvalue weighted by molar-refractivity contribution is 4.92. The topological polar surface area (TPSA) is 6.48 Å². The summed E-state index contributed by atoms with van der Waals surface area (Å²) >= 11 is 0. The molecule has 0 aromatic heterocycles. The zero-order valence-corrected chi connectivity index (χ0v) is 11.4. The first kappa shape index (κ1) is 12.4. The van der Waals surface area contributed by atoms with Crippen molar-refractivity contribution in [3.8, 4) is 0 Å². The Morgan fingerprint density at radius 2 is 1.75 bits per heavy atom. The Labute approximate surface area is 101 Å². The van der Waals surface area contributed by atoms with Gasteiger partial charge in [0.1, 0.15) is 0 Å². The summed E-state index contributed by atoms with van der Waals surface area (Å²) in [5, 5.41) is 0. The molecule has 94 valence electrons. The molecule has 2 saturated heterocycles. The molecule has 0 amide bonds. The van der Waals surface area contributed by atoms with Crippen LogP contribution in [0.1, 0.15) is 40.5 Å². The Bertz CT molecular complexity index is 219. The first-order valence-corrected chi connectivity index (χ1v) is 7.04. The van der Waals surface area contributed by atoms with Crippen molar-refractivity contribution in [1.29, 1.82) is 0 Å². The number of rotatable bonds is 4. The van der Waals surface area contributed by atoms with E-state index in [4.69, 9.17) is 0 Å². The summed E-state index contributed by atoms with van der Waals surface area (Å²) in [6.45, 7) is 14.7. The lowest BCUT2D eigenvalue weighted by Crippen LogP contribution is -2.60. The van der Waals surface area contributed by atoms with Gasteiger partial charge in [0, 0.05) is 31.7 Å². The first-order valence-electron chi connectivity index (χ1n) is 7.04. The van der Waals surface area contributed by atoms with Crippen LogP contribution in [0, 0.1) is 11.8 Å². The fourth-order valence-corrected chi connectivity index (χ4v) is 3.19. The van der Waals surface area contributed by atoms with Gasteiger partial charge in [-0.25, -0.2) is 0 Å². The van der Waals surface area contributed by atoms with Crippen LogP contribution in [0.4, 0.5) is 0 Å². The molecule has 1 unspecified atom stereocenters. The van der Waals surface area contributed by atoms with Crippen LogP contribution in [0.25, 0.3) is 0 Å². The Hall–Kier alpha value is -0.0800. The van der Waals surface area contributed by atoms with Gasteiger partial charge in [0.25, 0.3) is 0 Å². The van der Waals surface area contributed by atoms with Crippen molar-refractivity contribution in [1.82, 2.24) is 9.80 Å². The molecule has 2 nitrogen and oxygen atoms in total. The fourth-order valence-electron chi connectivity index (χ4n) is 3.19. The van der Waals surface area contributed by atoms with Gasteiger partial charge in [-0.1, -0.05) is 13.8 Å². The summed E-state index contributed by atoms with van der Waals surface area (Å²) in [6, 6.07) is 1.62. The van der Waals surface area contributed by atoms with Crippen molar-refractivity contribution in [3.63, 3.8) is 0 Å². The van der Waals surface area contributed by atoms with Gasteiger partial charge >= 0.3 is 0 Å². The summed E-state index contributed by atoms with van der Waals surface area (Å²) < 4.78 is 0. The van der Waals surface area contributed by atoms with Gasteiger partial charge < -0.3 is 0 Å². The highest BCUT2D eigenvalue weighted by atomic mass is 15.3. The molecule has 0 aromatic carbocycles. The lowest BCUT2D eigenvalue weighted by Gasteiger charge is -2.46. The maximum absolute atomic E-state index is 2.74. The quantitative estimate of drug-likeness (QED) is 0.724. The molecule has 2 rings (SSSR count). The summed E-state index contributed by atoms with van der Waals surface area (Å²) in [4.78, 5) is 5.33. The average molecular weight is 224 g/mol. The van der Waals surface area contributed by atoms with Crippen LogP contribution in [-0.4, -0.2) is 48.1 Å². The van der Waals surface area contributed by atoms with E-state index < -0.39 is 0 Å². The standard InChI is InChI=1S/C14H28N2/c1-11(2)7-13-5-6-15(8-13)14-9-16(10-14)12(3)4/h11-14H,5-10H2,1-4H3.